The molecule has 0 unspecified atom stereocenters. The number of ether oxygens (including phenoxy) is 1. The number of benzene rings is 2. The van der Waals surface area contributed by atoms with Crippen LogP contribution in [-0.4, -0.2) is 19.1 Å². The quantitative estimate of drug-likeness (QED) is 0.828. The normalized spacial score (nSPS) is 16.2. The van der Waals surface area contributed by atoms with E-state index >= 15 is 0 Å². The largest absolute Gasteiger partial charge is 0.432 e. The zero-order chi connectivity index (χ0) is 17.6. The highest BCUT2D eigenvalue weighted by Crippen LogP contribution is 2.39. The molecule has 0 aromatic heterocycles. The van der Waals surface area contributed by atoms with Crippen molar-refractivity contribution in [3.63, 3.8) is 0 Å². The molecule has 2 aromatic rings. The Labute approximate surface area is 143 Å². The molecule has 25 heavy (non-hydrogen) atoms. The van der Waals surface area contributed by atoms with Crippen LogP contribution in [0.3, 0.4) is 0 Å². The average molecular weight is 347 g/mol. The molecule has 3 nitrogen and oxygen atoms in total. The van der Waals surface area contributed by atoms with Crippen molar-refractivity contribution in [2.45, 2.75) is 32.3 Å². The zero-order valence-corrected chi connectivity index (χ0v) is 13.4. The van der Waals surface area contributed by atoms with E-state index in [1.807, 2.05) is 17.0 Å². The predicted molar refractivity (Wildman–Crippen MR) is 87.5 cm³/mol. The molecule has 2 aliphatic heterocycles. The third-order valence-corrected chi connectivity index (χ3v) is 4.76. The summed E-state index contributed by atoms with van der Waals surface area (Å²) in [5.74, 6) is -1.13. The highest BCUT2D eigenvalue weighted by molar-refractivity contribution is 5.98. The molecule has 0 bridgehead atoms. The summed E-state index contributed by atoms with van der Waals surface area (Å²) < 4.78 is 42.7. The van der Waals surface area contributed by atoms with Gasteiger partial charge in [-0.05, 0) is 65.8 Å². The molecule has 2 heterocycles. The molecule has 2 aromatic carbocycles. The smallest absolute Gasteiger partial charge is 0.387 e. The van der Waals surface area contributed by atoms with Crippen LogP contribution in [0.2, 0.25) is 0 Å². The summed E-state index contributed by atoms with van der Waals surface area (Å²) in [6.45, 7) is -2.32. The summed E-state index contributed by atoms with van der Waals surface area (Å²) >= 11 is 0. The van der Waals surface area contributed by atoms with Gasteiger partial charge in [-0.2, -0.15) is 8.78 Å². The number of nitrogens with zero attached hydrogens (tertiary/aromatic N) is 1. The van der Waals surface area contributed by atoms with E-state index in [4.69, 9.17) is 0 Å². The molecule has 0 saturated heterocycles. The van der Waals surface area contributed by atoms with Gasteiger partial charge in [0.2, 0.25) is 5.91 Å². The van der Waals surface area contributed by atoms with Gasteiger partial charge in [0.05, 0.1) is 5.69 Å². The molecule has 0 N–H and O–H groups in total. The van der Waals surface area contributed by atoms with Gasteiger partial charge in [0.25, 0.3) is 0 Å². The Bertz CT molecular complexity index is 834. The summed E-state index contributed by atoms with van der Waals surface area (Å²) in [5.41, 5.74) is 4.60. The van der Waals surface area contributed by atoms with Gasteiger partial charge < -0.3 is 9.64 Å². The first-order chi connectivity index (χ1) is 12.0. The van der Waals surface area contributed by atoms with Crippen molar-refractivity contribution in [3.05, 3.63) is 47.3 Å². The van der Waals surface area contributed by atoms with E-state index in [-0.39, 0.29) is 5.91 Å². The number of carbonyl (C=O) groups excluding carboxylic acids is 1. The van der Waals surface area contributed by atoms with E-state index in [1.165, 1.54) is 12.1 Å². The van der Waals surface area contributed by atoms with E-state index in [1.54, 1.807) is 6.07 Å². The Kier molecular flexibility index (Phi) is 3.90. The van der Waals surface area contributed by atoms with E-state index < -0.39 is 18.2 Å². The van der Waals surface area contributed by atoms with Crippen molar-refractivity contribution in [1.82, 2.24) is 0 Å². The summed E-state index contributed by atoms with van der Waals surface area (Å²) in [5, 5.41) is 0. The molecule has 4 rings (SSSR count). The van der Waals surface area contributed by atoms with Crippen LogP contribution in [-0.2, 0) is 17.6 Å². The monoisotopic (exact) mass is 347 g/mol. The molecule has 0 aliphatic carbocycles. The van der Waals surface area contributed by atoms with Crippen LogP contribution in [0.15, 0.2) is 30.3 Å². The van der Waals surface area contributed by atoms with Gasteiger partial charge in [0.1, 0.15) is 0 Å². The summed E-state index contributed by atoms with van der Waals surface area (Å²) in [6.07, 6.45) is 2.91. The number of anilines is 1. The van der Waals surface area contributed by atoms with Crippen LogP contribution < -0.4 is 9.64 Å². The maximum atomic E-state index is 14.0. The number of rotatable bonds is 3. The van der Waals surface area contributed by atoms with Crippen molar-refractivity contribution in [2.24, 2.45) is 0 Å². The van der Waals surface area contributed by atoms with Crippen molar-refractivity contribution in [2.75, 3.05) is 11.4 Å². The van der Waals surface area contributed by atoms with Crippen LogP contribution in [0.5, 0.6) is 5.75 Å². The molecule has 130 valence electrons. The second-order valence-electron chi connectivity index (χ2n) is 6.32. The third kappa shape index (κ3) is 2.86. The fraction of sp³-hybridized carbons (Fsp3) is 0.316. The standard InChI is InChI=1S/C19H16F3NO2/c20-15-10-11(3-5-16(15)25-19(21)22)14-8-12-2-1-7-23-17(24)6-4-13(9-14)18(12)23/h3,5,8-10,19H,1-2,4,6-7H2. The number of hydrogen-bond acceptors (Lipinski definition) is 2. The molecule has 1 amide bonds. The third-order valence-electron chi connectivity index (χ3n) is 4.76. The lowest BCUT2D eigenvalue weighted by atomic mass is 9.88. The van der Waals surface area contributed by atoms with Gasteiger partial charge in [0, 0.05) is 13.0 Å². The first-order valence-corrected chi connectivity index (χ1v) is 8.24. The molecule has 0 atom stereocenters. The summed E-state index contributed by atoms with van der Waals surface area (Å²) in [7, 11) is 0. The molecule has 2 aliphatic rings. The Balaban J connectivity index is 1.75. The minimum atomic E-state index is -3.06. The van der Waals surface area contributed by atoms with E-state index in [2.05, 4.69) is 4.74 Å². The molecule has 0 spiro atoms. The molecular weight excluding hydrogens is 331 g/mol. The van der Waals surface area contributed by atoms with Crippen LogP contribution in [0.1, 0.15) is 24.0 Å². The Morgan fingerprint density at radius 1 is 1.00 bits per heavy atom. The fourth-order valence-corrected chi connectivity index (χ4v) is 3.69. The number of halogens is 3. The van der Waals surface area contributed by atoms with Crippen molar-refractivity contribution in [3.8, 4) is 16.9 Å². The molecular formula is C19H16F3NO2. The van der Waals surface area contributed by atoms with Crippen molar-refractivity contribution >= 4 is 11.6 Å². The lowest BCUT2D eigenvalue weighted by Crippen LogP contribution is -2.39. The van der Waals surface area contributed by atoms with Crippen LogP contribution >= 0.6 is 0 Å². The lowest BCUT2D eigenvalue weighted by molar-refractivity contribution is -0.119. The zero-order valence-electron chi connectivity index (χ0n) is 13.4. The first kappa shape index (κ1) is 16.0. The lowest BCUT2D eigenvalue weighted by Gasteiger charge is -2.35. The summed E-state index contributed by atoms with van der Waals surface area (Å²) in [6, 6.07) is 7.93. The Hall–Kier alpha value is -2.50. The Morgan fingerprint density at radius 2 is 1.76 bits per heavy atom. The molecule has 6 heteroatoms. The van der Waals surface area contributed by atoms with E-state index in [0.29, 0.717) is 18.4 Å². The minimum Gasteiger partial charge on any atom is -0.432 e. The van der Waals surface area contributed by atoms with Gasteiger partial charge in [-0.25, -0.2) is 4.39 Å². The van der Waals surface area contributed by atoms with Crippen LogP contribution in [0, 0.1) is 5.82 Å². The number of hydrogen-bond donors (Lipinski definition) is 0. The minimum absolute atomic E-state index is 0.153. The maximum Gasteiger partial charge on any atom is 0.387 e. The Morgan fingerprint density at radius 3 is 2.48 bits per heavy atom. The van der Waals surface area contributed by atoms with Crippen molar-refractivity contribution < 1.29 is 22.7 Å². The SMILES string of the molecule is O=C1CCc2cc(-c3ccc(OC(F)F)c(F)c3)cc3c2N1CCC3. The molecule has 0 saturated carbocycles. The number of amides is 1. The second-order valence-corrected chi connectivity index (χ2v) is 6.32. The highest BCUT2D eigenvalue weighted by atomic mass is 19.3. The topological polar surface area (TPSA) is 29.5 Å². The van der Waals surface area contributed by atoms with Crippen LogP contribution in [0.4, 0.5) is 18.9 Å². The number of carbonyl (C=O) groups is 1. The average Bonchev–Trinajstić information content (AvgIpc) is 2.59. The number of aryl methyl sites for hydroxylation is 2. The van der Waals surface area contributed by atoms with Gasteiger partial charge in [-0.1, -0.05) is 6.07 Å². The van der Waals surface area contributed by atoms with Gasteiger partial charge >= 0.3 is 6.61 Å². The number of alkyl halides is 2. The van der Waals surface area contributed by atoms with Gasteiger partial charge in [-0.15, -0.1) is 0 Å². The van der Waals surface area contributed by atoms with E-state index in [0.717, 1.165) is 41.8 Å². The van der Waals surface area contributed by atoms with Gasteiger partial charge in [0.15, 0.2) is 11.6 Å². The van der Waals surface area contributed by atoms with E-state index in [9.17, 15) is 18.0 Å². The van der Waals surface area contributed by atoms with Crippen LogP contribution in [0.25, 0.3) is 11.1 Å². The maximum absolute atomic E-state index is 14.0. The summed E-state index contributed by atoms with van der Waals surface area (Å²) in [4.78, 5) is 13.9. The molecule has 0 fully saturated rings. The van der Waals surface area contributed by atoms with Crippen molar-refractivity contribution in [1.29, 1.82) is 0 Å². The fourth-order valence-electron chi connectivity index (χ4n) is 3.69. The van der Waals surface area contributed by atoms with Gasteiger partial charge in [-0.3, -0.25) is 4.79 Å². The highest BCUT2D eigenvalue weighted by Gasteiger charge is 2.29. The second kappa shape index (κ2) is 6.10. The predicted octanol–water partition coefficient (Wildman–Crippen LogP) is 4.32. The molecule has 0 radical (unpaired) electrons. The first-order valence-electron chi connectivity index (χ1n) is 8.24.